The maximum Gasteiger partial charge on any atom is 0.416 e. The van der Waals surface area contributed by atoms with Crippen LogP contribution in [0.5, 0.6) is 5.75 Å². The van der Waals surface area contributed by atoms with Crippen molar-refractivity contribution >= 4 is 5.78 Å². The average Bonchev–Trinajstić information content (AvgIpc) is 2.38. The monoisotopic (exact) mass is 272 g/mol. The average molecular weight is 272 g/mol. The van der Waals surface area contributed by atoms with E-state index in [2.05, 4.69) is 0 Å². The quantitative estimate of drug-likeness (QED) is 0.820. The molecule has 0 radical (unpaired) electrons. The molecule has 1 aliphatic rings. The highest BCUT2D eigenvalue weighted by Gasteiger charge is 2.32. The maximum absolute atomic E-state index is 12.5. The minimum atomic E-state index is -4.51. The lowest BCUT2D eigenvalue weighted by molar-refractivity contribution is -0.137. The molecular formula is C14H15F3O2. The Balaban J connectivity index is 2.23. The Kier molecular flexibility index (Phi) is 3.83. The van der Waals surface area contributed by atoms with Gasteiger partial charge in [-0.15, -0.1) is 0 Å². The first-order valence-corrected chi connectivity index (χ1v) is 6.34. The van der Waals surface area contributed by atoms with Gasteiger partial charge in [-0.2, -0.15) is 13.2 Å². The number of halogens is 3. The fourth-order valence-corrected chi connectivity index (χ4v) is 2.50. The molecule has 19 heavy (non-hydrogen) atoms. The van der Waals surface area contributed by atoms with Crippen molar-refractivity contribution in [1.29, 1.82) is 0 Å². The molecule has 2 nitrogen and oxygen atoms in total. The molecule has 0 aromatic heterocycles. The van der Waals surface area contributed by atoms with Crippen molar-refractivity contribution in [3.05, 3.63) is 29.3 Å². The first kappa shape index (κ1) is 13.9. The van der Waals surface area contributed by atoms with Gasteiger partial charge in [-0.25, -0.2) is 0 Å². The fourth-order valence-electron chi connectivity index (χ4n) is 2.50. The van der Waals surface area contributed by atoms with Gasteiger partial charge in [0.15, 0.2) is 5.78 Å². The lowest BCUT2D eigenvalue weighted by Crippen LogP contribution is -2.18. The molecule has 0 heterocycles. The van der Waals surface area contributed by atoms with Crippen molar-refractivity contribution in [3.63, 3.8) is 0 Å². The highest BCUT2D eigenvalue weighted by molar-refractivity contribution is 6.00. The van der Waals surface area contributed by atoms with Crippen LogP contribution in [-0.4, -0.2) is 10.9 Å². The molecule has 1 N–H and O–H groups in total. The predicted molar refractivity (Wildman–Crippen MR) is 64.0 cm³/mol. The summed E-state index contributed by atoms with van der Waals surface area (Å²) in [5, 5.41) is 9.63. The number of carbonyl (C=O) groups excluding carboxylic acids is 1. The number of hydrogen-bond acceptors (Lipinski definition) is 2. The SMILES string of the molecule is O=C(c1ccc(C(F)(F)F)cc1O)C1CCCCC1. The second kappa shape index (κ2) is 5.23. The first-order valence-electron chi connectivity index (χ1n) is 6.34. The Morgan fingerprint density at radius 3 is 2.32 bits per heavy atom. The van der Waals surface area contributed by atoms with E-state index < -0.39 is 17.5 Å². The van der Waals surface area contributed by atoms with Gasteiger partial charge in [0.05, 0.1) is 11.1 Å². The summed E-state index contributed by atoms with van der Waals surface area (Å²) < 4.78 is 37.4. The summed E-state index contributed by atoms with van der Waals surface area (Å²) in [5.74, 6) is -0.993. The normalized spacial score (nSPS) is 17.4. The van der Waals surface area contributed by atoms with Crippen molar-refractivity contribution in [2.75, 3.05) is 0 Å². The second-order valence-electron chi connectivity index (χ2n) is 4.93. The highest BCUT2D eigenvalue weighted by Crippen LogP contribution is 2.35. The van der Waals surface area contributed by atoms with Crippen LogP contribution in [0.2, 0.25) is 0 Å². The van der Waals surface area contributed by atoms with Crippen LogP contribution in [0.3, 0.4) is 0 Å². The number of phenolic OH excluding ortho intramolecular Hbond substituents is 1. The van der Waals surface area contributed by atoms with E-state index in [1.165, 1.54) is 0 Å². The van der Waals surface area contributed by atoms with Crippen molar-refractivity contribution in [2.24, 2.45) is 5.92 Å². The van der Waals surface area contributed by atoms with Gasteiger partial charge in [-0.1, -0.05) is 19.3 Å². The molecule has 1 aromatic carbocycles. The zero-order valence-corrected chi connectivity index (χ0v) is 10.3. The number of ketones is 1. The molecule has 0 aliphatic heterocycles. The molecule has 0 saturated heterocycles. The van der Waals surface area contributed by atoms with Gasteiger partial charge in [0.25, 0.3) is 0 Å². The molecule has 1 aliphatic carbocycles. The van der Waals surface area contributed by atoms with Crippen molar-refractivity contribution < 1.29 is 23.1 Å². The highest BCUT2D eigenvalue weighted by atomic mass is 19.4. The van der Waals surface area contributed by atoms with E-state index in [9.17, 15) is 23.1 Å². The van der Waals surface area contributed by atoms with Gasteiger partial charge >= 0.3 is 6.18 Å². The minimum Gasteiger partial charge on any atom is -0.507 e. The van der Waals surface area contributed by atoms with Crippen LogP contribution in [0.15, 0.2) is 18.2 Å². The number of Topliss-reactive ketones (excluding diaryl/α,β-unsaturated/α-hetero) is 1. The number of alkyl halides is 3. The van der Waals surface area contributed by atoms with Crippen molar-refractivity contribution in [1.82, 2.24) is 0 Å². The molecule has 2 rings (SSSR count). The Morgan fingerprint density at radius 1 is 1.16 bits per heavy atom. The third-order valence-corrected chi connectivity index (χ3v) is 3.57. The molecule has 0 unspecified atom stereocenters. The molecule has 1 saturated carbocycles. The molecule has 0 atom stereocenters. The van der Waals surface area contributed by atoms with Crippen LogP contribution in [0.4, 0.5) is 13.2 Å². The Bertz CT molecular complexity index is 474. The topological polar surface area (TPSA) is 37.3 Å². The third-order valence-electron chi connectivity index (χ3n) is 3.57. The molecule has 0 spiro atoms. The lowest BCUT2D eigenvalue weighted by atomic mass is 9.83. The van der Waals surface area contributed by atoms with E-state index in [4.69, 9.17) is 0 Å². The minimum absolute atomic E-state index is 0.0000926. The molecule has 0 bridgehead atoms. The zero-order valence-electron chi connectivity index (χ0n) is 10.3. The summed E-state index contributed by atoms with van der Waals surface area (Å²) in [6.07, 6.45) is -0.0130. The summed E-state index contributed by atoms with van der Waals surface area (Å²) in [6, 6.07) is 2.54. The number of rotatable bonds is 2. The lowest BCUT2D eigenvalue weighted by Gasteiger charge is -2.20. The van der Waals surface area contributed by atoms with Crippen LogP contribution < -0.4 is 0 Å². The van der Waals surface area contributed by atoms with E-state index in [1.54, 1.807) is 0 Å². The zero-order chi connectivity index (χ0) is 14.0. The molecule has 104 valence electrons. The van der Waals surface area contributed by atoms with E-state index in [0.29, 0.717) is 6.07 Å². The van der Waals surface area contributed by atoms with E-state index >= 15 is 0 Å². The third kappa shape index (κ3) is 3.08. The van der Waals surface area contributed by atoms with E-state index in [0.717, 1.165) is 44.2 Å². The maximum atomic E-state index is 12.5. The number of benzene rings is 1. The van der Waals surface area contributed by atoms with Crippen molar-refractivity contribution in [2.45, 2.75) is 38.3 Å². The molecule has 0 amide bonds. The summed E-state index contributed by atoms with van der Waals surface area (Å²) in [5.41, 5.74) is -0.940. The Labute approximate surface area is 109 Å². The molecule has 5 heteroatoms. The Morgan fingerprint density at radius 2 is 1.79 bits per heavy atom. The molecular weight excluding hydrogens is 257 g/mol. The van der Waals surface area contributed by atoms with Gasteiger partial charge in [0.1, 0.15) is 5.75 Å². The van der Waals surface area contributed by atoms with Crippen LogP contribution in [0.1, 0.15) is 48.0 Å². The van der Waals surface area contributed by atoms with Gasteiger partial charge in [0.2, 0.25) is 0 Å². The summed E-state index contributed by atoms with van der Waals surface area (Å²) in [6.45, 7) is 0. The van der Waals surface area contributed by atoms with Crippen molar-refractivity contribution in [3.8, 4) is 5.75 Å². The van der Waals surface area contributed by atoms with Gasteiger partial charge in [0, 0.05) is 5.92 Å². The Hall–Kier alpha value is -1.52. The van der Waals surface area contributed by atoms with Crippen LogP contribution >= 0.6 is 0 Å². The van der Waals surface area contributed by atoms with Gasteiger partial charge in [-0.05, 0) is 31.0 Å². The number of phenols is 1. The largest absolute Gasteiger partial charge is 0.507 e. The standard InChI is InChI=1S/C14H15F3O2/c15-14(16,17)10-6-7-11(12(18)8-10)13(19)9-4-2-1-3-5-9/h6-9,18H,1-5H2. The number of carbonyl (C=O) groups is 1. The number of hydrogen-bond donors (Lipinski definition) is 1. The molecule has 1 aromatic rings. The summed E-state index contributed by atoms with van der Waals surface area (Å²) in [4.78, 5) is 12.1. The van der Waals surface area contributed by atoms with E-state index in [1.807, 2.05) is 0 Å². The first-order chi connectivity index (χ1) is 8.89. The molecule has 1 fully saturated rings. The van der Waals surface area contributed by atoms with Crippen LogP contribution in [-0.2, 0) is 6.18 Å². The van der Waals surface area contributed by atoms with Gasteiger partial charge in [-0.3, -0.25) is 4.79 Å². The van der Waals surface area contributed by atoms with E-state index in [-0.39, 0.29) is 17.3 Å². The van der Waals surface area contributed by atoms with Gasteiger partial charge < -0.3 is 5.11 Å². The number of aromatic hydroxyl groups is 1. The predicted octanol–water partition coefficient (Wildman–Crippen LogP) is 4.17. The fraction of sp³-hybridized carbons (Fsp3) is 0.500. The second-order valence-corrected chi connectivity index (χ2v) is 4.93. The van der Waals surface area contributed by atoms with Crippen LogP contribution in [0.25, 0.3) is 0 Å². The summed E-state index contributed by atoms with van der Waals surface area (Å²) in [7, 11) is 0. The van der Waals surface area contributed by atoms with Crippen LogP contribution in [0, 0.1) is 5.92 Å². The summed E-state index contributed by atoms with van der Waals surface area (Å²) >= 11 is 0. The smallest absolute Gasteiger partial charge is 0.416 e.